The predicted octanol–water partition coefficient (Wildman–Crippen LogP) is 1.67. The topological polar surface area (TPSA) is 33.3 Å². The Kier molecular flexibility index (Phi) is 7.65. The number of nitrogens with one attached hydrogen (secondary N) is 2. The van der Waals surface area contributed by atoms with Crippen LogP contribution in [0.2, 0.25) is 0 Å². The normalized spacial score (nSPS) is 10.8. The van der Waals surface area contributed by atoms with Gasteiger partial charge < -0.3 is 15.4 Å². The van der Waals surface area contributed by atoms with E-state index in [-0.39, 0.29) is 0 Å². The van der Waals surface area contributed by atoms with Gasteiger partial charge in [-0.1, -0.05) is 18.2 Å². The van der Waals surface area contributed by atoms with E-state index < -0.39 is 0 Å². The van der Waals surface area contributed by atoms with E-state index in [0.717, 1.165) is 39.2 Å². The summed E-state index contributed by atoms with van der Waals surface area (Å²) in [4.78, 5) is 0. The van der Waals surface area contributed by atoms with E-state index in [2.05, 4.69) is 42.7 Å². The number of hydrogen-bond donors (Lipinski definition) is 2. The minimum Gasteiger partial charge on any atom is -0.383 e. The van der Waals surface area contributed by atoms with Crippen LogP contribution in [0.5, 0.6) is 0 Å². The zero-order valence-electron chi connectivity index (χ0n) is 11.9. The standard InChI is InChI=1S/C15H26N2O/c1-13-4-5-15(12-14(13)2)6-7-16-8-9-17-10-11-18-3/h4-5,12,16-17H,6-11H2,1-3H3. The maximum atomic E-state index is 4.97. The molecule has 0 atom stereocenters. The third kappa shape index (κ3) is 6.15. The Morgan fingerprint density at radius 1 is 0.944 bits per heavy atom. The van der Waals surface area contributed by atoms with Crippen LogP contribution >= 0.6 is 0 Å². The van der Waals surface area contributed by atoms with Crippen LogP contribution in [-0.2, 0) is 11.2 Å². The molecule has 1 aromatic carbocycles. The molecule has 0 amide bonds. The quantitative estimate of drug-likeness (QED) is 0.654. The Bertz CT molecular complexity index is 339. The highest BCUT2D eigenvalue weighted by atomic mass is 16.5. The summed E-state index contributed by atoms with van der Waals surface area (Å²) in [5.74, 6) is 0. The van der Waals surface area contributed by atoms with Gasteiger partial charge in [0, 0.05) is 26.7 Å². The maximum Gasteiger partial charge on any atom is 0.0587 e. The molecule has 1 aromatic rings. The van der Waals surface area contributed by atoms with E-state index in [1.54, 1.807) is 7.11 Å². The van der Waals surface area contributed by atoms with Gasteiger partial charge in [0.2, 0.25) is 0 Å². The minimum absolute atomic E-state index is 0.780. The molecule has 3 nitrogen and oxygen atoms in total. The fourth-order valence-corrected chi connectivity index (χ4v) is 1.79. The zero-order chi connectivity index (χ0) is 13.2. The highest BCUT2D eigenvalue weighted by Gasteiger charge is 1.96. The van der Waals surface area contributed by atoms with Crippen molar-refractivity contribution in [1.82, 2.24) is 10.6 Å². The van der Waals surface area contributed by atoms with Crippen molar-refractivity contribution in [3.63, 3.8) is 0 Å². The summed E-state index contributed by atoms with van der Waals surface area (Å²) in [5, 5.41) is 6.76. The molecule has 102 valence electrons. The van der Waals surface area contributed by atoms with Crippen LogP contribution in [-0.4, -0.2) is 39.9 Å². The first-order valence-corrected chi connectivity index (χ1v) is 6.70. The van der Waals surface area contributed by atoms with Crippen molar-refractivity contribution in [2.45, 2.75) is 20.3 Å². The fourth-order valence-electron chi connectivity index (χ4n) is 1.79. The molecule has 0 spiro atoms. The number of methoxy groups -OCH3 is 1. The van der Waals surface area contributed by atoms with Gasteiger partial charge in [0.05, 0.1) is 6.61 Å². The number of hydrogen-bond acceptors (Lipinski definition) is 3. The monoisotopic (exact) mass is 250 g/mol. The lowest BCUT2D eigenvalue weighted by molar-refractivity contribution is 0.199. The Morgan fingerprint density at radius 2 is 1.67 bits per heavy atom. The van der Waals surface area contributed by atoms with Crippen molar-refractivity contribution in [2.24, 2.45) is 0 Å². The fraction of sp³-hybridized carbons (Fsp3) is 0.600. The summed E-state index contributed by atoms with van der Waals surface area (Å²) < 4.78 is 4.97. The molecule has 2 N–H and O–H groups in total. The van der Waals surface area contributed by atoms with Crippen LogP contribution < -0.4 is 10.6 Å². The Hall–Kier alpha value is -0.900. The summed E-state index contributed by atoms with van der Waals surface area (Å²) in [6.45, 7) is 9.08. The molecule has 0 bridgehead atoms. The predicted molar refractivity (Wildman–Crippen MR) is 77.2 cm³/mol. The van der Waals surface area contributed by atoms with Crippen LogP contribution in [0, 0.1) is 13.8 Å². The maximum absolute atomic E-state index is 4.97. The van der Waals surface area contributed by atoms with Gasteiger partial charge in [-0.3, -0.25) is 0 Å². The second kappa shape index (κ2) is 9.09. The zero-order valence-corrected chi connectivity index (χ0v) is 11.9. The average molecular weight is 250 g/mol. The summed E-state index contributed by atoms with van der Waals surface area (Å²) in [6, 6.07) is 6.71. The lowest BCUT2D eigenvalue weighted by Gasteiger charge is -2.08. The molecule has 0 unspecified atom stereocenters. The van der Waals surface area contributed by atoms with Crippen LogP contribution in [0.15, 0.2) is 18.2 Å². The van der Waals surface area contributed by atoms with E-state index in [1.807, 2.05) is 0 Å². The molecule has 0 saturated carbocycles. The molecule has 3 heteroatoms. The first-order valence-electron chi connectivity index (χ1n) is 6.70. The van der Waals surface area contributed by atoms with Crippen LogP contribution in [0.1, 0.15) is 16.7 Å². The van der Waals surface area contributed by atoms with Gasteiger partial charge in [0.1, 0.15) is 0 Å². The first kappa shape index (κ1) is 15.2. The molecular weight excluding hydrogens is 224 g/mol. The Balaban J connectivity index is 2.05. The van der Waals surface area contributed by atoms with Crippen molar-refractivity contribution in [1.29, 1.82) is 0 Å². The lowest BCUT2D eigenvalue weighted by Crippen LogP contribution is -2.30. The van der Waals surface area contributed by atoms with Crippen LogP contribution in [0.25, 0.3) is 0 Å². The molecule has 18 heavy (non-hydrogen) atoms. The highest BCUT2D eigenvalue weighted by Crippen LogP contribution is 2.09. The molecule has 1 rings (SSSR count). The van der Waals surface area contributed by atoms with Crippen LogP contribution in [0.4, 0.5) is 0 Å². The Morgan fingerprint density at radius 3 is 2.33 bits per heavy atom. The van der Waals surface area contributed by atoms with Gasteiger partial charge in [-0.25, -0.2) is 0 Å². The van der Waals surface area contributed by atoms with E-state index in [0.29, 0.717) is 0 Å². The average Bonchev–Trinajstić information content (AvgIpc) is 2.37. The molecule has 0 aliphatic carbocycles. The molecule has 0 saturated heterocycles. The van der Waals surface area contributed by atoms with E-state index in [4.69, 9.17) is 4.74 Å². The number of benzene rings is 1. The van der Waals surface area contributed by atoms with Gasteiger partial charge in [-0.2, -0.15) is 0 Å². The number of ether oxygens (including phenoxy) is 1. The molecule has 0 heterocycles. The minimum atomic E-state index is 0.780. The third-order valence-electron chi connectivity index (χ3n) is 3.12. The number of aryl methyl sites for hydroxylation is 2. The summed E-state index contributed by atoms with van der Waals surface area (Å²) in [7, 11) is 1.73. The van der Waals surface area contributed by atoms with E-state index in [1.165, 1.54) is 16.7 Å². The van der Waals surface area contributed by atoms with Gasteiger partial charge in [0.15, 0.2) is 0 Å². The van der Waals surface area contributed by atoms with Crippen molar-refractivity contribution < 1.29 is 4.74 Å². The lowest BCUT2D eigenvalue weighted by atomic mass is 10.0. The second-order valence-corrected chi connectivity index (χ2v) is 4.66. The first-order chi connectivity index (χ1) is 8.74. The van der Waals surface area contributed by atoms with E-state index >= 15 is 0 Å². The SMILES string of the molecule is COCCNCCNCCc1ccc(C)c(C)c1. The van der Waals surface area contributed by atoms with Crippen molar-refractivity contribution in [3.8, 4) is 0 Å². The third-order valence-corrected chi connectivity index (χ3v) is 3.12. The molecular formula is C15H26N2O. The van der Waals surface area contributed by atoms with Gasteiger partial charge >= 0.3 is 0 Å². The molecule has 0 fully saturated rings. The molecule has 0 aromatic heterocycles. The summed E-state index contributed by atoms with van der Waals surface area (Å²) >= 11 is 0. The Labute approximate surface area is 111 Å². The van der Waals surface area contributed by atoms with Crippen molar-refractivity contribution in [2.75, 3.05) is 39.9 Å². The van der Waals surface area contributed by atoms with Crippen LogP contribution in [0.3, 0.4) is 0 Å². The van der Waals surface area contributed by atoms with Gasteiger partial charge in [0.25, 0.3) is 0 Å². The van der Waals surface area contributed by atoms with E-state index in [9.17, 15) is 0 Å². The van der Waals surface area contributed by atoms with Crippen molar-refractivity contribution in [3.05, 3.63) is 34.9 Å². The summed E-state index contributed by atoms with van der Waals surface area (Å²) in [6.07, 6.45) is 1.10. The van der Waals surface area contributed by atoms with Gasteiger partial charge in [-0.05, 0) is 43.5 Å². The summed E-state index contributed by atoms with van der Waals surface area (Å²) in [5.41, 5.74) is 4.17. The molecule has 0 radical (unpaired) electrons. The number of rotatable bonds is 9. The van der Waals surface area contributed by atoms with Crippen molar-refractivity contribution >= 4 is 0 Å². The highest BCUT2D eigenvalue weighted by molar-refractivity contribution is 5.29. The van der Waals surface area contributed by atoms with Gasteiger partial charge in [-0.15, -0.1) is 0 Å². The molecule has 0 aliphatic heterocycles. The molecule has 0 aliphatic rings. The largest absolute Gasteiger partial charge is 0.383 e. The smallest absolute Gasteiger partial charge is 0.0587 e. The second-order valence-electron chi connectivity index (χ2n) is 4.66.